The molecule has 2 aromatic carbocycles. The SMILES string of the molecule is COC(=O)c1ccc(N(C(=O)Cn2nnc3ccccc32)[C@@H](C(=O)NCCC(C)C)c2ccncc2)cc1. The highest BCUT2D eigenvalue weighted by Crippen LogP contribution is 2.29. The third-order valence-electron chi connectivity index (χ3n) is 6.09. The minimum absolute atomic E-state index is 0.153. The van der Waals surface area contributed by atoms with Gasteiger partial charge in [0.05, 0.1) is 18.2 Å². The van der Waals surface area contributed by atoms with E-state index in [-0.39, 0.29) is 18.4 Å². The second-order valence-corrected chi connectivity index (χ2v) is 9.19. The van der Waals surface area contributed by atoms with Crippen LogP contribution in [0.15, 0.2) is 73.1 Å². The van der Waals surface area contributed by atoms with Crippen LogP contribution in [0.5, 0.6) is 0 Å². The lowest BCUT2D eigenvalue weighted by atomic mass is 10.0. The van der Waals surface area contributed by atoms with Crippen LogP contribution < -0.4 is 10.2 Å². The predicted octanol–water partition coefficient (Wildman–Crippen LogP) is 3.55. The molecule has 1 N–H and O–H groups in total. The summed E-state index contributed by atoms with van der Waals surface area (Å²) in [5, 5.41) is 11.3. The van der Waals surface area contributed by atoms with Crippen molar-refractivity contribution in [3.8, 4) is 0 Å². The van der Waals surface area contributed by atoms with E-state index in [9.17, 15) is 14.4 Å². The van der Waals surface area contributed by atoms with Crippen LogP contribution >= 0.6 is 0 Å². The van der Waals surface area contributed by atoms with E-state index in [0.717, 1.165) is 6.42 Å². The van der Waals surface area contributed by atoms with Gasteiger partial charge in [-0.1, -0.05) is 31.2 Å². The maximum absolute atomic E-state index is 14.0. The van der Waals surface area contributed by atoms with Gasteiger partial charge in [-0.25, -0.2) is 9.48 Å². The van der Waals surface area contributed by atoms with Crippen molar-refractivity contribution in [1.29, 1.82) is 0 Å². The number of amides is 2. The molecule has 2 heterocycles. The monoisotopic (exact) mass is 514 g/mol. The Bertz CT molecular complexity index is 1400. The number of aromatic nitrogens is 4. The Labute approximate surface area is 220 Å². The first-order valence-corrected chi connectivity index (χ1v) is 12.4. The number of benzene rings is 2. The van der Waals surface area contributed by atoms with E-state index in [1.54, 1.807) is 48.8 Å². The second-order valence-electron chi connectivity index (χ2n) is 9.19. The molecular formula is C28H30N6O4. The molecule has 0 aliphatic rings. The van der Waals surface area contributed by atoms with Gasteiger partial charge in [-0.2, -0.15) is 0 Å². The minimum Gasteiger partial charge on any atom is -0.465 e. The average Bonchev–Trinajstić information content (AvgIpc) is 3.34. The summed E-state index contributed by atoms with van der Waals surface area (Å²) in [7, 11) is 1.30. The van der Waals surface area contributed by atoms with Crippen molar-refractivity contribution in [2.45, 2.75) is 32.9 Å². The largest absolute Gasteiger partial charge is 0.465 e. The highest BCUT2D eigenvalue weighted by atomic mass is 16.5. The Hall–Kier alpha value is -4.60. The molecule has 10 heteroatoms. The molecule has 0 unspecified atom stereocenters. The summed E-state index contributed by atoms with van der Waals surface area (Å²) in [5.41, 5.74) is 2.71. The van der Waals surface area contributed by atoms with E-state index in [1.165, 1.54) is 16.7 Å². The number of ether oxygens (including phenoxy) is 1. The first-order chi connectivity index (χ1) is 18.4. The minimum atomic E-state index is -0.989. The van der Waals surface area contributed by atoms with Crippen LogP contribution in [0.25, 0.3) is 11.0 Å². The van der Waals surface area contributed by atoms with E-state index >= 15 is 0 Å². The number of nitrogens with one attached hydrogen (secondary N) is 1. The molecule has 0 bridgehead atoms. The second kappa shape index (κ2) is 12.1. The van der Waals surface area contributed by atoms with E-state index < -0.39 is 12.0 Å². The van der Waals surface area contributed by atoms with E-state index in [4.69, 9.17) is 4.74 Å². The molecule has 0 aliphatic heterocycles. The Kier molecular flexibility index (Phi) is 8.42. The predicted molar refractivity (Wildman–Crippen MR) is 142 cm³/mol. The van der Waals surface area contributed by atoms with Crippen LogP contribution in [0.1, 0.15) is 42.2 Å². The molecule has 1 atom stereocenters. The first-order valence-electron chi connectivity index (χ1n) is 12.4. The summed E-state index contributed by atoms with van der Waals surface area (Å²) in [5.74, 6) is -0.808. The van der Waals surface area contributed by atoms with Crippen molar-refractivity contribution >= 4 is 34.5 Å². The zero-order chi connectivity index (χ0) is 27.1. The quantitative estimate of drug-likeness (QED) is 0.322. The third kappa shape index (κ3) is 6.03. The molecule has 38 heavy (non-hydrogen) atoms. The Balaban J connectivity index is 1.76. The van der Waals surface area contributed by atoms with Crippen LogP contribution in [0.2, 0.25) is 0 Å². The fourth-order valence-corrected chi connectivity index (χ4v) is 4.10. The van der Waals surface area contributed by atoms with Gasteiger partial charge in [0.15, 0.2) is 0 Å². The number of hydrogen-bond donors (Lipinski definition) is 1. The molecule has 4 aromatic rings. The number of hydrogen-bond acceptors (Lipinski definition) is 7. The van der Waals surface area contributed by atoms with Gasteiger partial charge in [-0.05, 0) is 66.4 Å². The topological polar surface area (TPSA) is 119 Å². The molecular weight excluding hydrogens is 484 g/mol. The van der Waals surface area contributed by atoms with Crippen LogP contribution in [0.3, 0.4) is 0 Å². The van der Waals surface area contributed by atoms with Crippen molar-refractivity contribution in [2.24, 2.45) is 5.92 Å². The number of pyridine rings is 1. The van der Waals surface area contributed by atoms with Gasteiger partial charge in [0, 0.05) is 24.6 Å². The lowest BCUT2D eigenvalue weighted by Gasteiger charge is -2.31. The number of rotatable bonds is 10. The zero-order valence-electron chi connectivity index (χ0n) is 21.6. The molecule has 2 amide bonds. The lowest BCUT2D eigenvalue weighted by Crippen LogP contribution is -2.45. The molecule has 0 saturated carbocycles. The van der Waals surface area contributed by atoms with Crippen LogP contribution in [0, 0.1) is 5.92 Å². The van der Waals surface area contributed by atoms with Crippen molar-refractivity contribution in [3.05, 3.63) is 84.2 Å². The first kappa shape index (κ1) is 26.5. The summed E-state index contributed by atoms with van der Waals surface area (Å²) in [6.07, 6.45) is 3.96. The molecule has 196 valence electrons. The lowest BCUT2D eigenvalue weighted by molar-refractivity contribution is -0.127. The number of methoxy groups -OCH3 is 1. The van der Waals surface area contributed by atoms with E-state index in [1.807, 2.05) is 24.3 Å². The zero-order valence-corrected chi connectivity index (χ0v) is 21.6. The number of fused-ring (bicyclic) bond motifs is 1. The number of carbonyl (C=O) groups is 3. The molecule has 0 radical (unpaired) electrons. The summed E-state index contributed by atoms with van der Waals surface area (Å²) in [4.78, 5) is 45.1. The number of para-hydroxylation sites is 1. The van der Waals surface area contributed by atoms with Crippen molar-refractivity contribution in [1.82, 2.24) is 25.3 Å². The van der Waals surface area contributed by atoms with E-state index in [0.29, 0.717) is 40.3 Å². The van der Waals surface area contributed by atoms with Crippen LogP contribution in [-0.4, -0.2) is 51.4 Å². The molecule has 0 spiro atoms. The van der Waals surface area contributed by atoms with Gasteiger partial charge in [0.25, 0.3) is 0 Å². The van der Waals surface area contributed by atoms with Gasteiger partial charge >= 0.3 is 5.97 Å². The van der Waals surface area contributed by atoms with Gasteiger partial charge in [0.1, 0.15) is 18.1 Å². The fourth-order valence-electron chi connectivity index (χ4n) is 4.10. The number of esters is 1. The summed E-state index contributed by atoms with van der Waals surface area (Å²) in [6, 6.07) is 16.1. The Morgan fingerprint density at radius 2 is 1.71 bits per heavy atom. The van der Waals surface area contributed by atoms with Gasteiger partial charge in [-0.15, -0.1) is 5.10 Å². The van der Waals surface area contributed by atoms with Gasteiger partial charge in [0.2, 0.25) is 11.8 Å². The molecule has 2 aromatic heterocycles. The average molecular weight is 515 g/mol. The molecule has 0 aliphatic carbocycles. The normalized spacial score (nSPS) is 11.8. The number of nitrogens with zero attached hydrogens (tertiary/aromatic N) is 5. The molecule has 10 nitrogen and oxygen atoms in total. The highest BCUT2D eigenvalue weighted by molar-refractivity contribution is 6.02. The maximum atomic E-state index is 14.0. The third-order valence-corrected chi connectivity index (χ3v) is 6.09. The highest BCUT2D eigenvalue weighted by Gasteiger charge is 2.33. The molecule has 4 rings (SSSR count). The maximum Gasteiger partial charge on any atom is 0.337 e. The van der Waals surface area contributed by atoms with Crippen molar-refractivity contribution in [2.75, 3.05) is 18.6 Å². The summed E-state index contributed by atoms with van der Waals surface area (Å²) in [6.45, 7) is 4.47. The van der Waals surface area contributed by atoms with E-state index in [2.05, 4.69) is 34.5 Å². The Morgan fingerprint density at radius 1 is 1.00 bits per heavy atom. The standard InChI is InChI=1S/C28H30N6O4/c1-19(2)12-17-30-27(36)26(20-13-15-29-16-14-20)34(22-10-8-21(9-11-22)28(37)38-3)25(35)18-33-24-7-5-4-6-23(24)31-32-33/h4-11,13-16,19,26H,12,17-18H2,1-3H3,(H,30,36)/t26-/m1/s1. The molecule has 0 saturated heterocycles. The fraction of sp³-hybridized carbons (Fsp3) is 0.286. The number of carbonyl (C=O) groups excluding carboxylic acids is 3. The smallest absolute Gasteiger partial charge is 0.337 e. The van der Waals surface area contributed by atoms with Crippen molar-refractivity contribution in [3.63, 3.8) is 0 Å². The van der Waals surface area contributed by atoms with Crippen LogP contribution in [-0.2, 0) is 20.9 Å². The summed E-state index contributed by atoms with van der Waals surface area (Å²) < 4.78 is 6.31. The molecule has 0 fully saturated rings. The van der Waals surface area contributed by atoms with Crippen LogP contribution in [0.4, 0.5) is 5.69 Å². The van der Waals surface area contributed by atoms with Crippen molar-refractivity contribution < 1.29 is 19.1 Å². The Morgan fingerprint density at radius 3 is 2.39 bits per heavy atom. The van der Waals surface area contributed by atoms with Gasteiger partial charge < -0.3 is 10.1 Å². The number of anilines is 1. The van der Waals surface area contributed by atoms with Gasteiger partial charge in [-0.3, -0.25) is 19.5 Å². The summed E-state index contributed by atoms with van der Waals surface area (Å²) >= 11 is 0.